The molecule has 244 valence electrons. The van der Waals surface area contributed by atoms with E-state index in [4.69, 9.17) is 9.47 Å². The monoisotopic (exact) mass is 621 g/mol. The van der Waals surface area contributed by atoms with Crippen LogP contribution in [0.3, 0.4) is 0 Å². The average Bonchev–Trinajstić information content (AvgIpc) is 3.69. The Morgan fingerprint density at radius 3 is 2.49 bits per heavy atom. The molecule has 10 nitrogen and oxygen atoms in total. The van der Waals surface area contributed by atoms with E-state index in [0.717, 1.165) is 24.8 Å². The highest BCUT2D eigenvalue weighted by atomic mass is 16.6. The number of unbranched alkanes of at least 4 members (excludes halogenated alkanes) is 2. The summed E-state index contributed by atoms with van der Waals surface area (Å²) in [7, 11) is 1.71. The topological polar surface area (TPSA) is 117 Å². The Morgan fingerprint density at radius 1 is 1.04 bits per heavy atom. The van der Waals surface area contributed by atoms with Crippen LogP contribution in [-0.4, -0.2) is 100 Å². The van der Waals surface area contributed by atoms with Crippen LogP contribution in [0.25, 0.3) is 0 Å². The van der Waals surface area contributed by atoms with Crippen LogP contribution in [0.1, 0.15) is 71.0 Å². The van der Waals surface area contributed by atoms with Gasteiger partial charge in [-0.3, -0.25) is 19.2 Å². The molecular formula is C35H47N3O7. The highest BCUT2D eigenvalue weighted by molar-refractivity contribution is 5.99. The lowest BCUT2D eigenvalue weighted by Gasteiger charge is -2.38. The van der Waals surface area contributed by atoms with Crippen LogP contribution in [0.5, 0.6) is 0 Å². The number of amides is 3. The van der Waals surface area contributed by atoms with E-state index in [1.807, 2.05) is 56.3 Å². The van der Waals surface area contributed by atoms with Crippen molar-refractivity contribution in [3.8, 4) is 0 Å². The molecule has 45 heavy (non-hydrogen) atoms. The second-order valence-corrected chi connectivity index (χ2v) is 12.7. The van der Waals surface area contributed by atoms with Crippen molar-refractivity contribution in [2.75, 3.05) is 26.7 Å². The van der Waals surface area contributed by atoms with Crippen molar-refractivity contribution >= 4 is 23.7 Å². The molecule has 0 aromatic heterocycles. The summed E-state index contributed by atoms with van der Waals surface area (Å²) >= 11 is 0. The summed E-state index contributed by atoms with van der Waals surface area (Å²) in [5.74, 6) is -3.32. The van der Waals surface area contributed by atoms with Crippen LogP contribution < -0.4 is 0 Å². The normalized spacial score (nSPS) is 33.5. The van der Waals surface area contributed by atoms with Gasteiger partial charge in [0.05, 0.1) is 30.7 Å². The third-order valence-corrected chi connectivity index (χ3v) is 10.1. The third-order valence-electron chi connectivity index (χ3n) is 10.1. The Morgan fingerprint density at radius 2 is 1.80 bits per heavy atom. The Balaban J connectivity index is 1.60. The fourth-order valence-corrected chi connectivity index (χ4v) is 7.41. The van der Waals surface area contributed by atoms with E-state index in [0.29, 0.717) is 25.9 Å². The van der Waals surface area contributed by atoms with Crippen LogP contribution in [0, 0.1) is 11.8 Å². The number of likely N-dealkylation sites (tertiary alicyclic amines) is 1. The van der Waals surface area contributed by atoms with Crippen molar-refractivity contribution in [2.45, 2.75) is 95.2 Å². The Hall–Kier alpha value is -3.50. The molecule has 0 radical (unpaired) electrons. The highest BCUT2D eigenvalue weighted by Crippen LogP contribution is 2.56. The number of carbonyl (C=O) groups is 4. The molecule has 8 atom stereocenters. The SMILES string of the molecule is CCCCCN1C/C=C\CCC(=O)N(C)[C@H](C)[C@@H](c2ccccc2)OC(=O)[C@@H]2[C@@H]3C=C[C@]4(O3)[C@H](C1=O)N([C@@H](CC)CO)C(=O)[C@@H]24. The molecule has 1 aromatic carbocycles. The van der Waals surface area contributed by atoms with Gasteiger partial charge in [-0.1, -0.05) is 81.3 Å². The molecule has 1 aromatic rings. The van der Waals surface area contributed by atoms with Crippen molar-refractivity contribution in [1.29, 1.82) is 0 Å². The second-order valence-electron chi connectivity index (χ2n) is 12.7. The number of carbonyl (C=O) groups excluding carboxylic acids is 4. The number of rotatable bonds is 8. The summed E-state index contributed by atoms with van der Waals surface area (Å²) in [6.45, 7) is 6.30. The quantitative estimate of drug-likeness (QED) is 0.269. The molecule has 5 rings (SSSR count). The number of allylic oxidation sites excluding steroid dienone is 1. The third kappa shape index (κ3) is 5.94. The van der Waals surface area contributed by atoms with Crippen LogP contribution in [0.15, 0.2) is 54.6 Å². The second kappa shape index (κ2) is 13.9. The highest BCUT2D eigenvalue weighted by Gasteiger charge is 2.74. The molecule has 4 aliphatic rings. The van der Waals surface area contributed by atoms with E-state index in [1.165, 1.54) is 4.90 Å². The maximum Gasteiger partial charge on any atom is 0.313 e. The summed E-state index contributed by atoms with van der Waals surface area (Å²) in [6.07, 6.45) is 9.74. The summed E-state index contributed by atoms with van der Waals surface area (Å²) in [4.78, 5) is 61.3. The van der Waals surface area contributed by atoms with Gasteiger partial charge in [-0.25, -0.2) is 0 Å². The van der Waals surface area contributed by atoms with Gasteiger partial charge >= 0.3 is 5.97 Å². The number of hydrogen-bond donors (Lipinski definition) is 1. The summed E-state index contributed by atoms with van der Waals surface area (Å²) in [6, 6.07) is 7.14. The largest absolute Gasteiger partial charge is 0.455 e. The minimum atomic E-state index is -1.35. The molecule has 0 unspecified atom stereocenters. The number of benzene rings is 1. The number of likely N-dealkylation sites (N-methyl/N-ethyl adjacent to an activating group) is 1. The molecule has 4 aliphatic heterocycles. The van der Waals surface area contributed by atoms with Crippen molar-refractivity contribution < 1.29 is 33.8 Å². The number of ether oxygens (including phenoxy) is 2. The first-order chi connectivity index (χ1) is 21.7. The fourth-order valence-electron chi connectivity index (χ4n) is 7.41. The van der Waals surface area contributed by atoms with Crippen LogP contribution in [0.2, 0.25) is 0 Å². The van der Waals surface area contributed by atoms with E-state index in [2.05, 4.69) is 6.92 Å². The first kappa shape index (κ1) is 32.9. The summed E-state index contributed by atoms with van der Waals surface area (Å²) in [5, 5.41) is 10.4. The molecule has 10 heteroatoms. The van der Waals surface area contributed by atoms with Gasteiger partial charge < -0.3 is 29.3 Å². The van der Waals surface area contributed by atoms with Crippen LogP contribution >= 0.6 is 0 Å². The molecule has 5 bridgehead atoms. The van der Waals surface area contributed by atoms with Crippen LogP contribution in [0.4, 0.5) is 0 Å². The Labute approximate surface area is 266 Å². The van der Waals surface area contributed by atoms with E-state index < -0.39 is 53.7 Å². The molecule has 0 saturated carbocycles. The summed E-state index contributed by atoms with van der Waals surface area (Å²) in [5.41, 5.74) is -0.626. The maximum atomic E-state index is 14.6. The molecule has 4 heterocycles. The molecular weight excluding hydrogens is 574 g/mol. The van der Waals surface area contributed by atoms with Crippen molar-refractivity contribution in [1.82, 2.24) is 14.7 Å². The average molecular weight is 622 g/mol. The minimum Gasteiger partial charge on any atom is -0.455 e. The van der Waals surface area contributed by atoms with Crippen molar-refractivity contribution in [3.63, 3.8) is 0 Å². The van der Waals surface area contributed by atoms with E-state index in [9.17, 15) is 24.3 Å². The van der Waals surface area contributed by atoms with Gasteiger partial charge in [-0.05, 0) is 31.7 Å². The van der Waals surface area contributed by atoms with E-state index in [-0.39, 0.29) is 30.7 Å². The first-order valence-electron chi connectivity index (χ1n) is 16.4. The van der Waals surface area contributed by atoms with Gasteiger partial charge in [0.25, 0.3) is 0 Å². The molecule has 0 aliphatic carbocycles. The van der Waals surface area contributed by atoms with Gasteiger partial charge in [0.2, 0.25) is 17.7 Å². The lowest BCUT2D eigenvalue weighted by atomic mass is 9.74. The number of fused-ring (bicyclic) bond motifs is 2. The fraction of sp³-hybridized carbons (Fsp3) is 0.600. The number of cyclic esters (lactones) is 1. The molecule has 1 N–H and O–H groups in total. The number of esters is 1. The molecule has 2 fully saturated rings. The Bertz CT molecular complexity index is 1310. The predicted octanol–water partition coefficient (Wildman–Crippen LogP) is 3.41. The van der Waals surface area contributed by atoms with E-state index in [1.54, 1.807) is 29.0 Å². The standard InChI is InChI=1S/C35H47N3O7/c1-5-7-13-20-37-21-14-9-12-17-27(40)36(4)23(3)30(24-15-10-8-11-16-24)44-34(43)28-26-18-19-35(45-26)29(28)32(41)38(25(6-2)22-39)31(35)33(37)42/h8-11,14-16,18-19,23,25-26,28-31,39H,5-7,12-13,17,20-22H2,1-4H3/b14-9-/t23-,25+,26+,28-,29-,30+,31+,35-/m1/s1. The van der Waals surface area contributed by atoms with Gasteiger partial charge in [-0.15, -0.1) is 0 Å². The van der Waals surface area contributed by atoms with E-state index >= 15 is 0 Å². The molecule has 2 saturated heterocycles. The first-order valence-corrected chi connectivity index (χ1v) is 16.4. The lowest BCUT2D eigenvalue weighted by Crippen LogP contribution is -2.58. The number of aliphatic hydroxyl groups excluding tert-OH is 1. The van der Waals surface area contributed by atoms with Gasteiger partial charge in [-0.2, -0.15) is 0 Å². The molecule has 1 spiro atoms. The smallest absolute Gasteiger partial charge is 0.313 e. The zero-order valence-corrected chi connectivity index (χ0v) is 26.8. The number of aliphatic hydroxyl groups is 1. The van der Waals surface area contributed by atoms with Gasteiger partial charge in [0, 0.05) is 26.6 Å². The zero-order valence-electron chi connectivity index (χ0n) is 26.8. The minimum absolute atomic E-state index is 0.0889. The van der Waals surface area contributed by atoms with Crippen molar-refractivity contribution in [3.05, 3.63) is 60.2 Å². The summed E-state index contributed by atoms with van der Waals surface area (Å²) < 4.78 is 12.8. The zero-order chi connectivity index (χ0) is 32.3. The van der Waals surface area contributed by atoms with Gasteiger partial charge in [0.15, 0.2) is 0 Å². The van der Waals surface area contributed by atoms with Crippen molar-refractivity contribution in [2.24, 2.45) is 11.8 Å². The maximum absolute atomic E-state index is 14.6. The van der Waals surface area contributed by atoms with Crippen LogP contribution in [-0.2, 0) is 28.7 Å². The number of nitrogens with zero attached hydrogens (tertiary/aromatic N) is 3. The van der Waals surface area contributed by atoms with Gasteiger partial charge in [0.1, 0.15) is 23.7 Å². The lowest BCUT2D eigenvalue weighted by molar-refractivity contribution is -0.164. The number of hydrogen-bond acceptors (Lipinski definition) is 7. The molecule has 3 amide bonds. The Kier molecular flexibility index (Phi) is 10.1. The predicted molar refractivity (Wildman–Crippen MR) is 168 cm³/mol.